The van der Waals surface area contributed by atoms with E-state index in [9.17, 15) is 19.1 Å². The Hall–Kier alpha value is -2.11. The first-order chi connectivity index (χ1) is 10.0. The topological polar surface area (TPSA) is 92.4 Å². The number of amides is 1. The smallest absolute Gasteiger partial charge is 0.306 e. The number of hydrogen-bond donors (Lipinski definition) is 3. The first kappa shape index (κ1) is 15.3. The van der Waals surface area contributed by atoms with Crippen molar-refractivity contribution in [2.24, 2.45) is 11.8 Å². The molecule has 0 heterocycles. The second-order valence-corrected chi connectivity index (χ2v) is 5.40. The molecule has 1 aromatic carbocycles. The molecule has 0 saturated heterocycles. The fourth-order valence-electron chi connectivity index (χ4n) is 2.83. The molecule has 0 spiro atoms. The van der Waals surface area contributed by atoms with Gasteiger partial charge in [-0.15, -0.1) is 0 Å². The van der Waals surface area contributed by atoms with Crippen molar-refractivity contribution < 1.29 is 19.1 Å². The molecule has 4 N–H and O–H groups in total. The average molecular weight is 294 g/mol. The van der Waals surface area contributed by atoms with Crippen LogP contribution in [0.5, 0.6) is 0 Å². The number of hydrogen-bond acceptors (Lipinski definition) is 3. The van der Waals surface area contributed by atoms with E-state index in [1.54, 1.807) is 0 Å². The minimum absolute atomic E-state index is 0.0812. The van der Waals surface area contributed by atoms with Crippen molar-refractivity contribution in [3.8, 4) is 0 Å². The highest BCUT2D eigenvalue weighted by Gasteiger charge is 2.31. The Morgan fingerprint density at radius 2 is 2.05 bits per heavy atom. The molecule has 0 bridgehead atoms. The lowest BCUT2D eigenvalue weighted by atomic mass is 9.79. The first-order valence-corrected chi connectivity index (χ1v) is 7.05. The zero-order valence-electron chi connectivity index (χ0n) is 11.6. The fraction of sp³-hybridized carbons (Fsp3) is 0.467. The summed E-state index contributed by atoms with van der Waals surface area (Å²) >= 11 is 0. The highest BCUT2D eigenvalue weighted by atomic mass is 19.1. The van der Waals surface area contributed by atoms with Crippen LogP contribution in [0, 0.1) is 17.7 Å². The van der Waals surface area contributed by atoms with Crippen molar-refractivity contribution in [2.75, 3.05) is 12.3 Å². The lowest BCUT2D eigenvalue weighted by molar-refractivity contribution is -0.144. The summed E-state index contributed by atoms with van der Waals surface area (Å²) < 4.78 is 13.3. The molecule has 0 aromatic heterocycles. The zero-order chi connectivity index (χ0) is 15.4. The predicted octanol–water partition coefficient (Wildman–Crippen LogP) is 2.03. The number of nitrogen functional groups attached to an aromatic ring is 1. The van der Waals surface area contributed by atoms with Gasteiger partial charge >= 0.3 is 5.97 Å². The third-order valence-electron chi connectivity index (χ3n) is 4.05. The molecule has 6 heteroatoms. The number of benzene rings is 1. The van der Waals surface area contributed by atoms with Crippen LogP contribution in [0.1, 0.15) is 36.0 Å². The Kier molecular flexibility index (Phi) is 4.77. The van der Waals surface area contributed by atoms with Crippen molar-refractivity contribution in [3.05, 3.63) is 29.6 Å². The number of halogens is 1. The van der Waals surface area contributed by atoms with Gasteiger partial charge in [0.15, 0.2) is 0 Å². The fourth-order valence-corrected chi connectivity index (χ4v) is 2.83. The number of carboxylic acid groups (broad SMARTS) is 1. The van der Waals surface area contributed by atoms with E-state index in [1.807, 2.05) is 0 Å². The Balaban J connectivity index is 2.00. The minimum Gasteiger partial charge on any atom is -0.481 e. The van der Waals surface area contributed by atoms with Crippen molar-refractivity contribution in [1.82, 2.24) is 5.32 Å². The van der Waals surface area contributed by atoms with Crippen LogP contribution in [0.4, 0.5) is 10.1 Å². The summed E-state index contributed by atoms with van der Waals surface area (Å²) in [6.45, 7) is 0.270. The van der Waals surface area contributed by atoms with Crippen LogP contribution in [0.3, 0.4) is 0 Å². The van der Waals surface area contributed by atoms with Crippen LogP contribution in [0.15, 0.2) is 18.2 Å². The van der Waals surface area contributed by atoms with Crippen LogP contribution >= 0.6 is 0 Å². The van der Waals surface area contributed by atoms with Gasteiger partial charge in [0.25, 0.3) is 5.91 Å². The standard InChI is InChI=1S/C15H19FN2O3/c16-12-7-3-6-11(13(12)17)14(19)18-8-9-4-1-2-5-10(9)15(20)21/h3,6-7,9-10H,1-2,4-5,8,17H2,(H,18,19)(H,20,21). The lowest BCUT2D eigenvalue weighted by Crippen LogP contribution is -2.37. The minimum atomic E-state index is -0.820. The summed E-state index contributed by atoms with van der Waals surface area (Å²) in [4.78, 5) is 23.2. The summed E-state index contributed by atoms with van der Waals surface area (Å²) in [6, 6.07) is 4.05. The van der Waals surface area contributed by atoms with E-state index < -0.39 is 23.6 Å². The van der Waals surface area contributed by atoms with Gasteiger partial charge in [-0.3, -0.25) is 9.59 Å². The Labute approximate surface area is 122 Å². The molecule has 1 fully saturated rings. The molecule has 0 radical (unpaired) electrons. The molecule has 1 aliphatic rings. The summed E-state index contributed by atoms with van der Waals surface area (Å²) in [5.74, 6) is -2.44. The van der Waals surface area contributed by atoms with E-state index in [-0.39, 0.29) is 23.7 Å². The van der Waals surface area contributed by atoms with Gasteiger partial charge in [0, 0.05) is 6.54 Å². The zero-order valence-corrected chi connectivity index (χ0v) is 11.6. The lowest BCUT2D eigenvalue weighted by Gasteiger charge is -2.28. The summed E-state index contributed by atoms with van der Waals surface area (Å²) in [5, 5.41) is 11.9. The Bertz CT molecular complexity index is 548. The van der Waals surface area contributed by atoms with Gasteiger partial charge in [-0.25, -0.2) is 4.39 Å². The van der Waals surface area contributed by atoms with Gasteiger partial charge in [-0.05, 0) is 30.9 Å². The van der Waals surface area contributed by atoms with E-state index in [2.05, 4.69) is 5.32 Å². The maximum atomic E-state index is 13.3. The number of anilines is 1. The number of carbonyl (C=O) groups excluding carboxylic acids is 1. The molecular weight excluding hydrogens is 275 g/mol. The van der Waals surface area contributed by atoms with Crippen molar-refractivity contribution >= 4 is 17.6 Å². The second kappa shape index (κ2) is 6.56. The summed E-state index contributed by atoms with van der Waals surface area (Å²) in [7, 11) is 0. The predicted molar refractivity (Wildman–Crippen MR) is 76.2 cm³/mol. The first-order valence-electron chi connectivity index (χ1n) is 7.05. The number of rotatable bonds is 4. The average Bonchev–Trinajstić information content (AvgIpc) is 2.47. The number of para-hydroxylation sites is 1. The molecule has 1 amide bonds. The van der Waals surface area contributed by atoms with Crippen LogP contribution in [0.25, 0.3) is 0 Å². The molecule has 5 nitrogen and oxygen atoms in total. The van der Waals surface area contributed by atoms with E-state index in [0.717, 1.165) is 19.3 Å². The van der Waals surface area contributed by atoms with E-state index in [4.69, 9.17) is 5.73 Å². The van der Waals surface area contributed by atoms with Gasteiger partial charge in [-0.2, -0.15) is 0 Å². The quantitative estimate of drug-likeness (QED) is 0.741. The van der Waals surface area contributed by atoms with Gasteiger partial charge in [-0.1, -0.05) is 18.9 Å². The van der Waals surface area contributed by atoms with Crippen molar-refractivity contribution in [2.45, 2.75) is 25.7 Å². The molecule has 2 unspecified atom stereocenters. The highest BCUT2D eigenvalue weighted by Crippen LogP contribution is 2.29. The summed E-state index contributed by atoms with van der Waals surface area (Å²) in [5.41, 5.74) is 5.43. The number of carboxylic acids is 1. The van der Waals surface area contributed by atoms with E-state index in [1.165, 1.54) is 18.2 Å². The third kappa shape index (κ3) is 3.51. The number of nitrogens with one attached hydrogen (secondary N) is 1. The van der Waals surface area contributed by atoms with Gasteiger partial charge in [0.2, 0.25) is 0 Å². The third-order valence-corrected chi connectivity index (χ3v) is 4.05. The van der Waals surface area contributed by atoms with Crippen molar-refractivity contribution in [3.63, 3.8) is 0 Å². The van der Waals surface area contributed by atoms with Crippen LogP contribution in [-0.4, -0.2) is 23.5 Å². The molecule has 1 aliphatic carbocycles. The molecule has 2 atom stereocenters. The molecule has 2 rings (SSSR count). The molecule has 1 aromatic rings. The highest BCUT2D eigenvalue weighted by molar-refractivity contribution is 5.99. The van der Waals surface area contributed by atoms with Crippen molar-refractivity contribution in [1.29, 1.82) is 0 Å². The molecule has 114 valence electrons. The molecule has 21 heavy (non-hydrogen) atoms. The van der Waals surface area contributed by atoms with E-state index in [0.29, 0.717) is 6.42 Å². The molecular formula is C15H19FN2O3. The van der Waals surface area contributed by atoms with Crippen LogP contribution in [0.2, 0.25) is 0 Å². The SMILES string of the molecule is Nc1c(F)cccc1C(=O)NCC1CCCCC1C(=O)O. The van der Waals surface area contributed by atoms with Gasteiger partial charge < -0.3 is 16.2 Å². The Morgan fingerprint density at radius 1 is 1.33 bits per heavy atom. The number of aliphatic carboxylic acids is 1. The Morgan fingerprint density at radius 3 is 2.76 bits per heavy atom. The van der Waals surface area contributed by atoms with E-state index >= 15 is 0 Å². The van der Waals surface area contributed by atoms with Crippen LogP contribution in [-0.2, 0) is 4.79 Å². The second-order valence-electron chi connectivity index (χ2n) is 5.40. The molecule has 1 saturated carbocycles. The number of carbonyl (C=O) groups is 2. The number of nitrogens with two attached hydrogens (primary N) is 1. The monoisotopic (exact) mass is 294 g/mol. The van der Waals surface area contributed by atoms with Gasteiger partial charge in [0.1, 0.15) is 5.82 Å². The van der Waals surface area contributed by atoms with Crippen LogP contribution < -0.4 is 11.1 Å². The van der Waals surface area contributed by atoms with Gasteiger partial charge in [0.05, 0.1) is 17.2 Å². The molecule has 0 aliphatic heterocycles. The maximum absolute atomic E-state index is 13.3. The largest absolute Gasteiger partial charge is 0.481 e. The summed E-state index contributed by atoms with van der Waals surface area (Å²) in [6.07, 6.45) is 3.28. The maximum Gasteiger partial charge on any atom is 0.306 e. The normalized spacial score (nSPS) is 21.8.